The van der Waals surface area contributed by atoms with Crippen molar-refractivity contribution in [2.75, 3.05) is 7.05 Å². The summed E-state index contributed by atoms with van der Waals surface area (Å²) in [6, 6.07) is 0.771. The van der Waals surface area contributed by atoms with Crippen molar-refractivity contribution in [2.24, 2.45) is 17.8 Å². The van der Waals surface area contributed by atoms with Gasteiger partial charge in [-0.25, -0.2) is 0 Å². The summed E-state index contributed by atoms with van der Waals surface area (Å²) in [5, 5.41) is 3.58. The minimum absolute atomic E-state index is 0.771. The van der Waals surface area contributed by atoms with Gasteiger partial charge in [-0.15, -0.1) is 0 Å². The molecule has 17 heavy (non-hydrogen) atoms. The Morgan fingerprint density at radius 1 is 1.12 bits per heavy atom. The van der Waals surface area contributed by atoms with Crippen LogP contribution in [-0.4, -0.2) is 13.1 Å². The molecule has 0 aromatic carbocycles. The van der Waals surface area contributed by atoms with Gasteiger partial charge in [0.05, 0.1) is 0 Å². The second kappa shape index (κ2) is 8.13. The van der Waals surface area contributed by atoms with E-state index >= 15 is 0 Å². The van der Waals surface area contributed by atoms with Crippen LogP contribution in [0.4, 0.5) is 0 Å². The van der Waals surface area contributed by atoms with E-state index in [1.54, 1.807) is 0 Å². The largest absolute Gasteiger partial charge is 0.317 e. The van der Waals surface area contributed by atoms with Crippen LogP contribution < -0.4 is 5.32 Å². The van der Waals surface area contributed by atoms with E-state index in [1.807, 2.05) is 0 Å². The molecule has 0 radical (unpaired) electrons. The summed E-state index contributed by atoms with van der Waals surface area (Å²) in [5.74, 6) is 2.86. The van der Waals surface area contributed by atoms with Gasteiger partial charge in [0.2, 0.25) is 0 Å². The van der Waals surface area contributed by atoms with Crippen molar-refractivity contribution >= 4 is 0 Å². The fourth-order valence-electron chi connectivity index (χ4n) is 3.43. The van der Waals surface area contributed by atoms with Crippen molar-refractivity contribution in [3.05, 3.63) is 0 Å². The Balaban J connectivity index is 2.34. The van der Waals surface area contributed by atoms with Gasteiger partial charge in [-0.3, -0.25) is 0 Å². The molecular formula is C16H33N. The smallest absolute Gasteiger partial charge is 0.00948 e. The Kier molecular flexibility index (Phi) is 7.18. The van der Waals surface area contributed by atoms with E-state index in [9.17, 15) is 0 Å². The maximum atomic E-state index is 3.58. The first-order valence-corrected chi connectivity index (χ1v) is 7.88. The Labute approximate surface area is 109 Å². The lowest BCUT2D eigenvalue weighted by Crippen LogP contribution is -2.37. The third kappa shape index (κ3) is 4.99. The monoisotopic (exact) mass is 239 g/mol. The summed E-state index contributed by atoms with van der Waals surface area (Å²) >= 11 is 0. The van der Waals surface area contributed by atoms with Crippen LogP contribution in [-0.2, 0) is 0 Å². The molecule has 1 heteroatoms. The highest BCUT2D eigenvalue weighted by Gasteiger charge is 2.26. The highest BCUT2D eigenvalue weighted by atomic mass is 14.9. The van der Waals surface area contributed by atoms with Gasteiger partial charge in [0.15, 0.2) is 0 Å². The molecule has 0 saturated heterocycles. The molecule has 0 amide bonds. The van der Waals surface area contributed by atoms with E-state index in [2.05, 4.69) is 33.1 Å². The lowest BCUT2D eigenvalue weighted by Gasteiger charge is -2.35. The van der Waals surface area contributed by atoms with Crippen LogP contribution in [0.25, 0.3) is 0 Å². The summed E-state index contributed by atoms with van der Waals surface area (Å²) in [7, 11) is 2.16. The van der Waals surface area contributed by atoms with Gasteiger partial charge in [0.25, 0.3) is 0 Å². The third-order valence-corrected chi connectivity index (χ3v) is 4.88. The van der Waals surface area contributed by atoms with Crippen LogP contribution >= 0.6 is 0 Å². The third-order valence-electron chi connectivity index (χ3n) is 4.88. The second-order valence-corrected chi connectivity index (χ2v) is 6.21. The molecule has 1 rings (SSSR count). The highest BCUT2D eigenvalue weighted by molar-refractivity contribution is 4.82. The van der Waals surface area contributed by atoms with E-state index in [0.29, 0.717) is 0 Å². The first-order chi connectivity index (χ1) is 8.21. The molecule has 1 fully saturated rings. The molecule has 0 heterocycles. The van der Waals surface area contributed by atoms with E-state index in [-0.39, 0.29) is 0 Å². The van der Waals surface area contributed by atoms with Crippen LogP contribution in [0.1, 0.15) is 72.1 Å². The molecule has 1 aliphatic carbocycles. The molecule has 0 spiro atoms. The summed E-state index contributed by atoms with van der Waals surface area (Å²) in [4.78, 5) is 0. The summed E-state index contributed by atoms with van der Waals surface area (Å²) in [5.41, 5.74) is 0. The minimum Gasteiger partial charge on any atom is -0.317 e. The SMILES string of the molecule is CCCC1CCC(C(CC(C)CC)NC)CC1. The number of rotatable bonds is 7. The average Bonchev–Trinajstić information content (AvgIpc) is 2.37. The molecule has 0 bridgehead atoms. The van der Waals surface area contributed by atoms with Gasteiger partial charge in [0, 0.05) is 6.04 Å². The van der Waals surface area contributed by atoms with Crippen molar-refractivity contribution in [1.82, 2.24) is 5.32 Å². The van der Waals surface area contributed by atoms with Crippen LogP contribution in [0.2, 0.25) is 0 Å². The van der Waals surface area contributed by atoms with Gasteiger partial charge in [-0.1, -0.05) is 52.9 Å². The predicted molar refractivity (Wildman–Crippen MR) is 77.3 cm³/mol. The Hall–Kier alpha value is -0.0400. The molecule has 1 nitrogen and oxygen atoms in total. The van der Waals surface area contributed by atoms with Gasteiger partial charge >= 0.3 is 0 Å². The quantitative estimate of drug-likeness (QED) is 0.683. The van der Waals surface area contributed by atoms with Crippen molar-refractivity contribution in [3.8, 4) is 0 Å². The molecule has 0 aliphatic heterocycles. The molecule has 102 valence electrons. The highest BCUT2D eigenvalue weighted by Crippen LogP contribution is 2.34. The van der Waals surface area contributed by atoms with Crippen molar-refractivity contribution < 1.29 is 0 Å². The molecule has 0 aromatic heterocycles. The van der Waals surface area contributed by atoms with E-state index in [0.717, 1.165) is 23.8 Å². The zero-order valence-electron chi connectivity index (χ0n) is 12.5. The number of hydrogen-bond acceptors (Lipinski definition) is 1. The van der Waals surface area contributed by atoms with Gasteiger partial charge in [0.1, 0.15) is 0 Å². The summed E-state index contributed by atoms with van der Waals surface area (Å²) < 4.78 is 0. The Morgan fingerprint density at radius 3 is 2.24 bits per heavy atom. The minimum atomic E-state index is 0.771. The maximum Gasteiger partial charge on any atom is 0.00948 e. The van der Waals surface area contributed by atoms with Crippen LogP contribution in [0, 0.1) is 17.8 Å². The molecule has 1 N–H and O–H groups in total. The summed E-state index contributed by atoms with van der Waals surface area (Å²) in [6.07, 6.45) is 11.4. The molecule has 1 aliphatic rings. The molecule has 1 saturated carbocycles. The fourth-order valence-corrected chi connectivity index (χ4v) is 3.43. The topological polar surface area (TPSA) is 12.0 Å². The van der Waals surface area contributed by atoms with Crippen molar-refractivity contribution in [3.63, 3.8) is 0 Å². The van der Waals surface area contributed by atoms with Crippen LogP contribution in [0.15, 0.2) is 0 Å². The average molecular weight is 239 g/mol. The first kappa shape index (κ1) is 15.0. The molecule has 0 aromatic rings. The Morgan fingerprint density at radius 2 is 1.76 bits per heavy atom. The summed E-state index contributed by atoms with van der Waals surface area (Å²) in [6.45, 7) is 7.04. The van der Waals surface area contributed by atoms with Crippen LogP contribution in [0.3, 0.4) is 0 Å². The van der Waals surface area contributed by atoms with Gasteiger partial charge in [-0.2, -0.15) is 0 Å². The number of nitrogens with one attached hydrogen (secondary N) is 1. The van der Waals surface area contributed by atoms with Crippen LogP contribution in [0.5, 0.6) is 0 Å². The zero-order chi connectivity index (χ0) is 12.7. The molecule has 2 atom stereocenters. The van der Waals surface area contributed by atoms with Gasteiger partial charge < -0.3 is 5.32 Å². The lowest BCUT2D eigenvalue weighted by molar-refractivity contribution is 0.200. The van der Waals surface area contributed by atoms with E-state index in [4.69, 9.17) is 0 Å². The maximum absolute atomic E-state index is 3.58. The standard InChI is InChI=1S/C16H33N/c1-5-7-14-8-10-15(11-9-14)16(17-4)12-13(3)6-2/h13-17H,5-12H2,1-4H3. The number of hydrogen-bond donors (Lipinski definition) is 1. The lowest BCUT2D eigenvalue weighted by atomic mass is 9.75. The zero-order valence-corrected chi connectivity index (χ0v) is 12.5. The molecular weight excluding hydrogens is 206 g/mol. The second-order valence-electron chi connectivity index (χ2n) is 6.21. The van der Waals surface area contributed by atoms with E-state index in [1.165, 1.54) is 51.4 Å². The van der Waals surface area contributed by atoms with Crippen molar-refractivity contribution in [1.29, 1.82) is 0 Å². The Bertz CT molecular complexity index is 182. The fraction of sp³-hybridized carbons (Fsp3) is 1.00. The molecule has 2 unspecified atom stereocenters. The van der Waals surface area contributed by atoms with Crippen molar-refractivity contribution in [2.45, 2.75) is 78.2 Å². The van der Waals surface area contributed by atoms with Gasteiger partial charge in [-0.05, 0) is 44.1 Å². The normalized spacial score (nSPS) is 28.9. The first-order valence-electron chi connectivity index (χ1n) is 7.88. The predicted octanol–water partition coefficient (Wildman–Crippen LogP) is 4.62. The van der Waals surface area contributed by atoms with E-state index < -0.39 is 0 Å².